The van der Waals surface area contributed by atoms with Crippen molar-refractivity contribution in [1.29, 1.82) is 0 Å². The molecule has 14 heavy (non-hydrogen) atoms. The molecule has 2 heterocycles. The van der Waals surface area contributed by atoms with Crippen LogP contribution < -0.4 is 5.32 Å². The largest absolute Gasteiger partial charge is 0.388 e. The molecule has 0 unspecified atom stereocenters. The van der Waals surface area contributed by atoms with Crippen molar-refractivity contribution in [2.45, 2.75) is 30.6 Å². The van der Waals surface area contributed by atoms with Gasteiger partial charge in [-0.05, 0) is 0 Å². The summed E-state index contributed by atoms with van der Waals surface area (Å²) >= 11 is 0. The Morgan fingerprint density at radius 2 is 1.79 bits per heavy atom. The summed E-state index contributed by atoms with van der Waals surface area (Å²) in [5.74, 6) is 0. The number of urea groups is 1. The van der Waals surface area contributed by atoms with Crippen molar-refractivity contribution < 1.29 is 25.2 Å². The van der Waals surface area contributed by atoms with E-state index in [0.717, 1.165) is 4.90 Å². The summed E-state index contributed by atoms with van der Waals surface area (Å²) in [4.78, 5) is 12.1. The first-order valence-electron chi connectivity index (χ1n) is 4.32. The monoisotopic (exact) mass is 204 g/mol. The van der Waals surface area contributed by atoms with Gasteiger partial charge in [0.15, 0.2) is 6.23 Å². The topological polar surface area (TPSA) is 113 Å². The molecule has 0 radical (unpaired) electrons. The maximum atomic E-state index is 11.2. The Labute approximate surface area is 79.6 Å². The summed E-state index contributed by atoms with van der Waals surface area (Å²) in [7, 11) is 0. The molecule has 0 saturated carbocycles. The van der Waals surface area contributed by atoms with E-state index in [0.29, 0.717) is 0 Å². The van der Waals surface area contributed by atoms with E-state index in [-0.39, 0.29) is 6.54 Å². The van der Waals surface area contributed by atoms with Gasteiger partial charge in [-0.1, -0.05) is 0 Å². The minimum Gasteiger partial charge on any atom is -0.388 e. The number of fused-ring (bicyclic) bond motifs is 1. The van der Waals surface area contributed by atoms with Gasteiger partial charge in [0.25, 0.3) is 0 Å². The van der Waals surface area contributed by atoms with E-state index in [2.05, 4.69) is 5.32 Å². The van der Waals surface area contributed by atoms with E-state index in [1.165, 1.54) is 0 Å². The first kappa shape index (κ1) is 9.66. The fraction of sp³-hybridized carbons (Fsp3) is 0.857. The third-order valence-electron chi connectivity index (χ3n) is 2.74. The van der Waals surface area contributed by atoms with Crippen LogP contribution in [0.2, 0.25) is 0 Å². The molecule has 5 N–H and O–H groups in total. The van der Waals surface area contributed by atoms with Crippen LogP contribution in [0.25, 0.3) is 0 Å². The van der Waals surface area contributed by atoms with Crippen LogP contribution in [0.5, 0.6) is 0 Å². The third-order valence-corrected chi connectivity index (χ3v) is 2.74. The fourth-order valence-corrected chi connectivity index (χ4v) is 1.90. The number of aliphatic hydroxyl groups is 4. The lowest BCUT2D eigenvalue weighted by atomic mass is 9.94. The molecular formula is C7H12N2O5. The van der Waals surface area contributed by atoms with Crippen molar-refractivity contribution in [3.05, 3.63) is 0 Å². The first-order valence-corrected chi connectivity index (χ1v) is 4.32. The van der Waals surface area contributed by atoms with E-state index in [4.69, 9.17) is 0 Å². The van der Waals surface area contributed by atoms with Gasteiger partial charge < -0.3 is 25.7 Å². The van der Waals surface area contributed by atoms with Crippen LogP contribution in [0.4, 0.5) is 4.79 Å². The summed E-state index contributed by atoms with van der Waals surface area (Å²) in [5.41, 5.74) is 0. The van der Waals surface area contributed by atoms with Crippen molar-refractivity contribution in [3.63, 3.8) is 0 Å². The van der Waals surface area contributed by atoms with E-state index < -0.39 is 36.6 Å². The Kier molecular flexibility index (Phi) is 2.11. The van der Waals surface area contributed by atoms with Crippen LogP contribution in [0.3, 0.4) is 0 Å². The third kappa shape index (κ3) is 1.10. The molecule has 5 atom stereocenters. The predicted octanol–water partition coefficient (Wildman–Crippen LogP) is -3.21. The highest BCUT2D eigenvalue weighted by Gasteiger charge is 2.51. The first-order chi connectivity index (χ1) is 6.54. The zero-order valence-corrected chi connectivity index (χ0v) is 7.24. The Hall–Kier alpha value is -0.890. The second-order valence-electron chi connectivity index (χ2n) is 3.55. The van der Waals surface area contributed by atoms with Gasteiger partial charge in [0, 0.05) is 6.54 Å². The highest BCUT2D eigenvalue weighted by Crippen LogP contribution is 2.25. The number of carbonyl (C=O) groups is 1. The van der Waals surface area contributed by atoms with Gasteiger partial charge in [0.05, 0.1) is 6.04 Å². The van der Waals surface area contributed by atoms with E-state index in [9.17, 15) is 25.2 Å². The molecule has 7 nitrogen and oxygen atoms in total. The maximum Gasteiger partial charge on any atom is 0.320 e. The van der Waals surface area contributed by atoms with Gasteiger partial charge >= 0.3 is 6.03 Å². The van der Waals surface area contributed by atoms with Gasteiger partial charge in [0.1, 0.15) is 18.3 Å². The summed E-state index contributed by atoms with van der Waals surface area (Å²) in [6.45, 7) is 0.154. The Balaban J connectivity index is 2.27. The summed E-state index contributed by atoms with van der Waals surface area (Å²) in [5, 5.41) is 40.0. The molecule has 0 spiro atoms. The van der Waals surface area contributed by atoms with Crippen LogP contribution in [0, 0.1) is 0 Å². The Bertz CT molecular complexity index is 260. The van der Waals surface area contributed by atoms with Gasteiger partial charge in [-0.3, -0.25) is 4.90 Å². The van der Waals surface area contributed by atoms with E-state index in [1.54, 1.807) is 0 Å². The second kappa shape index (κ2) is 3.06. The summed E-state index contributed by atoms with van der Waals surface area (Å²) in [6.07, 6.45) is -5.68. The van der Waals surface area contributed by atoms with Crippen molar-refractivity contribution in [2.24, 2.45) is 0 Å². The molecule has 0 aromatic rings. The van der Waals surface area contributed by atoms with Gasteiger partial charge in [-0.25, -0.2) is 4.79 Å². The highest BCUT2D eigenvalue weighted by atomic mass is 16.4. The van der Waals surface area contributed by atoms with Crippen molar-refractivity contribution >= 4 is 6.03 Å². The summed E-state index contributed by atoms with van der Waals surface area (Å²) < 4.78 is 0. The average Bonchev–Trinajstić information content (AvgIpc) is 2.54. The molecule has 2 rings (SSSR count). The van der Waals surface area contributed by atoms with Crippen molar-refractivity contribution in [2.75, 3.05) is 6.54 Å². The molecule has 2 fully saturated rings. The number of hydrogen-bond donors (Lipinski definition) is 5. The molecule has 2 aliphatic rings. The Morgan fingerprint density at radius 1 is 1.14 bits per heavy atom. The second-order valence-corrected chi connectivity index (χ2v) is 3.55. The van der Waals surface area contributed by atoms with Gasteiger partial charge in [-0.2, -0.15) is 0 Å². The van der Waals surface area contributed by atoms with E-state index >= 15 is 0 Å². The molecule has 2 saturated heterocycles. The zero-order chi connectivity index (χ0) is 10.5. The average molecular weight is 204 g/mol. The van der Waals surface area contributed by atoms with Crippen LogP contribution in [0.15, 0.2) is 0 Å². The highest BCUT2D eigenvalue weighted by molar-refractivity contribution is 5.77. The SMILES string of the molecule is O=C1NC[C@@H]2[C@@H](O)[C@H](O)[C@@H](O)[C@@H](O)N12. The maximum absolute atomic E-state index is 11.2. The smallest absolute Gasteiger partial charge is 0.320 e. The fourth-order valence-electron chi connectivity index (χ4n) is 1.90. The lowest BCUT2D eigenvalue weighted by molar-refractivity contribution is -0.193. The zero-order valence-electron chi connectivity index (χ0n) is 7.24. The molecule has 0 aliphatic carbocycles. The lowest BCUT2D eigenvalue weighted by Crippen LogP contribution is -2.65. The number of rotatable bonds is 0. The minimum absolute atomic E-state index is 0.154. The Morgan fingerprint density at radius 3 is 2.43 bits per heavy atom. The minimum atomic E-state index is -1.54. The standard InChI is InChI=1S/C7H12N2O5/c10-3-2-1-8-7(14)9(2)6(13)5(12)4(3)11/h2-6,10-13H,1H2,(H,8,14)/t2-,3-,4+,5-,6-/m1/s1. The molecule has 2 aliphatic heterocycles. The number of carbonyl (C=O) groups excluding carboxylic acids is 1. The van der Waals surface area contributed by atoms with E-state index in [1.807, 2.05) is 0 Å². The molecule has 2 amide bonds. The normalized spacial score (nSPS) is 47.6. The summed E-state index contributed by atoms with van der Waals surface area (Å²) in [6, 6.07) is -1.23. The van der Waals surface area contributed by atoms with Crippen LogP contribution in [0.1, 0.15) is 0 Å². The predicted molar refractivity (Wildman–Crippen MR) is 43.1 cm³/mol. The van der Waals surface area contributed by atoms with Crippen LogP contribution in [-0.4, -0.2) is 68.5 Å². The van der Waals surface area contributed by atoms with Crippen molar-refractivity contribution in [3.8, 4) is 0 Å². The molecular weight excluding hydrogens is 192 g/mol. The number of hydrogen-bond acceptors (Lipinski definition) is 5. The molecule has 0 bridgehead atoms. The van der Waals surface area contributed by atoms with Crippen molar-refractivity contribution in [1.82, 2.24) is 10.2 Å². The number of aliphatic hydroxyl groups excluding tert-OH is 4. The van der Waals surface area contributed by atoms with Gasteiger partial charge in [0.2, 0.25) is 0 Å². The van der Waals surface area contributed by atoms with Crippen LogP contribution in [-0.2, 0) is 0 Å². The van der Waals surface area contributed by atoms with Crippen LogP contribution >= 0.6 is 0 Å². The number of amides is 2. The number of piperidine rings is 1. The number of nitrogens with zero attached hydrogens (tertiary/aromatic N) is 1. The molecule has 0 aromatic carbocycles. The lowest BCUT2D eigenvalue weighted by Gasteiger charge is -2.42. The molecule has 80 valence electrons. The molecule has 7 heteroatoms. The number of nitrogens with one attached hydrogen (secondary N) is 1. The quantitative estimate of drug-likeness (QED) is 0.285. The van der Waals surface area contributed by atoms with Gasteiger partial charge in [-0.15, -0.1) is 0 Å². The molecule has 0 aromatic heterocycles.